The Labute approximate surface area is 173 Å². The van der Waals surface area contributed by atoms with Crippen molar-refractivity contribution in [2.24, 2.45) is 0 Å². The predicted octanol–water partition coefficient (Wildman–Crippen LogP) is 2.92. The van der Waals surface area contributed by atoms with Crippen LogP contribution in [-0.4, -0.2) is 27.7 Å². The Balaban J connectivity index is 1.57. The maximum Gasteiger partial charge on any atom is 0.279 e. The third kappa shape index (κ3) is 5.22. The molecule has 0 saturated carbocycles. The summed E-state index contributed by atoms with van der Waals surface area (Å²) in [7, 11) is 0. The smallest absolute Gasteiger partial charge is 0.279 e. The number of amides is 2. The van der Waals surface area contributed by atoms with E-state index in [1.807, 2.05) is 30.7 Å². The molecule has 1 atom stereocenters. The Kier molecular flexibility index (Phi) is 6.46. The first kappa shape index (κ1) is 21.0. The summed E-state index contributed by atoms with van der Waals surface area (Å²) in [6.45, 7) is 5.88. The van der Waals surface area contributed by atoms with Crippen LogP contribution in [0.15, 0.2) is 54.6 Å². The van der Waals surface area contributed by atoms with Gasteiger partial charge in [0.25, 0.3) is 11.8 Å². The van der Waals surface area contributed by atoms with Crippen LogP contribution in [0.3, 0.4) is 0 Å². The summed E-state index contributed by atoms with van der Waals surface area (Å²) in [5, 5.41) is 4.42. The van der Waals surface area contributed by atoms with E-state index in [1.54, 1.807) is 24.3 Å². The average Bonchev–Trinajstić information content (AvgIpc) is 3.04. The van der Waals surface area contributed by atoms with Crippen molar-refractivity contribution < 1.29 is 18.7 Å². The summed E-state index contributed by atoms with van der Waals surface area (Å²) < 4.78 is 20.8. The molecule has 3 rings (SSSR count). The highest BCUT2D eigenvalue weighted by molar-refractivity contribution is 5.95. The van der Waals surface area contributed by atoms with Crippen molar-refractivity contribution in [3.05, 3.63) is 82.9 Å². The first-order valence-corrected chi connectivity index (χ1v) is 9.45. The number of ether oxygens (including phenoxy) is 1. The second-order valence-corrected chi connectivity index (χ2v) is 6.92. The van der Waals surface area contributed by atoms with Gasteiger partial charge < -0.3 is 4.74 Å². The zero-order valence-corrected chi connectivity index (χ0v) is 17.0. The van der Waals surface area contributed by atoms with Gasteiger partial charge in [0.2, 0.25) is 0 Å². The van der Waals surface area contributed by atoms with E-state index >= 15 is 0 Å². The minimum Gasteiger partial charge on any atom is -0.478 e. The number of nitrogens with zero attached hydrogens (tertiary/aromatic N) is 2. The summed E-state index contributed by atoms with van der Waals surface area (Å²) in [5.41, 5.74) is 7.89. The van der Waals surface area contributed by atoms with E-state index < -0.39 is 23.7 Å². The van der Waals surface area contributed by atoms with E-state index in [4.69, 9.17) is 4.74 Å². The summed E-state index contributed by atoms with van der Waals surface area (Å²) >= 11 is 0. The molecule has 156 valence electrons. The number of rotatable bonds is 6. The monoisotopic (exact) mass is 410 g/mol. The van der Waals surface area contributed by atoms with E-state index in [2.05, 4.69) is 16.0 Å². The summed E-state index contributed by atoms with van der Waals surface area (Å²) in [5.74, 6) is -1.69. The van der Waals surface area contributed by atoms with Gasteiger partial charge in [0.1, 0.15) is 0 Å². The number of nitrogens with one attached hydrogen (secondary N) is 2. The van der Waals surface area contributed by atoms with Gasteiger partial charge in [0, 0.05) is 11.3 Å². The van der Waals surface area contributed by atoms with Crippen LogP contribution in [0.25, 0.3) is 0 Å². The number of aryl methyl sites for hydroxylation is 2. The second-order valence-electron chi connectivity index (χ2n) is 6.92. The fourth-order valence-corrected chi connectivity index (χ4v) is 2.90. The average molecular weight is 410 g/mol. The molecule has 7 nitrogen and oxygen atoms in total. The van der Waals surface area contributed by atoms with Gasteiger partial charge in [-0.1, -0.05) is 24.3 Å². The number of benzene rings is 2. The molecule has 1 heterocycles. The highest BCUT2D eigenvalue weighted by Crippen LogP contribution is 2.17. The van der Waals surface area contributed by atoms with Gasteiger partial charge in [-0.2, -0.15) is 5.10 Å². The molecule has 0 fully saturated rings. The van der Waals surface area contributed by atoms with Gasteiger partial charge in [0.05, 0.1) is 12.2 Å². The molecule has 1 unspecified atom stereocenters. The molecule has 8 heteroatoms. The summed E-state index contributed by atoms with van der Waals surface area (Å²) in [4.78, 5) is 24.6. The normalized spacial score (nSPS) is 11.6. The molecule has 2 amide bonds. The van der Waals surface area contributed by atoms with Crippen LogP contribution >= 0.6 is 0 Å². The van der Waals surface area contributed by atoms with Crippen molar-refractivity contribution >= 4 is 11.8 Å². The van der Waals surface area contributed by atoms with Crippen molar-refractivity contribution in [3.63, 3.8) is 0 Å². The first-order valence-electron chi connectivity index (χ1n) is 9.45. The third-order valence-corrected chi connectivity index (χ3v) is 4.43. The number of hydrogen-bond acceptors (Lipinski definition) is 4. The molecule has 30 heavy (non-hydrogen) atoms. The van der Waals surface area contributed by atoms with Gasteiger partial charge in [-0.3, -0.25) is 25.1 Å². The Hall–Kier alpha value is -3.68. The van der Waals surface area contributed by atoms with Crippen LogP contribution in [0.1, 0.15) is 34.2 Å². The molecule has 3 aromatic rings. The van der Waals surface area contributed by atoms with Crippen molar-refractivity contribution in [3.8, 4) is 5.75 Å². The number of hydrogen-bond donors (Lipinski definition) is 2. The lowest BCUT2D eigenvalue weighted by Gasteiger charge is -2.15. The second kappa shape index (κ2) is 9.21. The fourth-order valence-electron chi connectivity index (χ4n) is 2.90. The molecule has 2 aromatic carbocycles. The van der Waals surface area contributed by atoms with Gasteiger partial charge in [-0.15, -0.1) is 0 Å². The molecule has 0 spiro atoms. The largest absolute Gasteiger partial charge is 0.478 e. The molecule has 0 aliphatic heterocycles. The van der Waals surface area contributed by atoms with Crippen molar-refractivity contribution in [2.45, 2.75) is 33.4 Å². The first-order chi connectivity index (χ1) is 14.3. The number of carbonyl (C=O) groups is 2. The van der Waals surface area contributed by atoms with Crippen LogP contribution in [-0.2, 0) is 11.3 Å². The van der Waals surface area contributed by atoms with Gasteiger partial charge in [-0.25, -0.2) is 4.39 Å². The molecule has 2 N–H and O–H groups in total. The Bertz CT molecular complexity index is 1060. The van der Waals surface area contributed by atoms with Crippen molar-refractivity contribution in [1.29, 1.82) is 0 Å². The highest BCUT2D eigenvalue weighted by atomic mass is 19.1. The van der Waals surface area contributed by atoms with Crippen LogP contribution < -0.4 is 15.6 Å². The number of aromatic nitrogens is 2. The van der Waals surface area contributed by atoms with E-state index in [1.165, 1.54) is 25.1 Å². The molecule has 0 aliphatic rings. The maximum absolute atomic E-state index is 13.6. The minimum atomic E-state index is -1.00. The van der Waals surface area contributed by atoms with Crippen LogP contribution in [0.4, 0.5) is 4.39 Å². The van der Waals surface area contributed by atoms with Gasteiger partial charge >= 0.3 is 0 Å². The van der Waals surface area contributed by atoms with E-state index in [9.17, 15) is 14.0 Å². The summed E-state index contributed by atoms with van der Waals surface area (Å²) in [6, 6.07) is 14.8. The van der Waals surface area contributed by atoms with Crippen LogP contribution in [0.5, 0.6) is 5.75 Å². The van der Waals surface area contributed by atoms with Gasteiger partial charge in [0.15, 0.2) is 17.7 Å². The zero-order valence-electron chi connectivity index (χ0n) is 17.0. The predicted molar refractivity (Wildman–Crippen MR) is 109 cm³/mol. The minimum absolute atomic E-state index is 0.0386. The topological polar surface area (TPSA) is 85.2 Å². The molecular weight excluding hydrogens is 387 g/mol. The quantitative estimate of drug-likeness (QED) is 0.612. The standard InChI is InChI=1S/C22H23FN4O3/c1-14-11-15(2)27(26-14)13-17-7-6-8-18(12-17)22(29)25-24-21(28)16(3)30-20-10-5-4-9-19(20)23/h4-12,16H,13H2,1-3H3,(H,24,28)(H,25,29). The SMILES string of the molecule is Cc1cc(C)n(Cc2cccc(C(=O)NNC(=O)C(C)Oc3ccccc3F)c2)n1. The molecule has 0 bridgehead atoms. The Morgan fingerprint density at radius 2 is 1.87 bits per heavy atom. The fraction of sp³-hybridized carbons (Fsp3) is 0.227. The molecular formula is C22H23FN4O3. The number of hydrazine groups is 1. The van der Waals surface area contributed by atoms with E-state index in [0.29, 0.717) is 12.1 Å². The molecule has 0 saturated heterocycles. The van der Waals surface area contributed by atoms with Crippen LogP contribution in [0, 0.1) is 19.7 Å². The molecule has 0 radical (unpaired) electrons. The van der Waals surface area contributed by atoms with E-state index in [-0.39, 0.29) is 5.75 Å². The lowest BCUT2D eigenvalue weighted by atomic mass is 10.1. The maximum atomic E-state index is 13.6. The lowest BCUT2D eigenvalue weighted by Crippen LogP contribution is -2.47. The Morgan fingerprint density at radius 1 is 1.10 bits per heavy atom. The number of para-hydroxylation sites is 1. The number of carbonyl (C=O) groups excluding carboxylic acids is 2. The highest BCUT2D eigenvalue weighted by Gasteiger charge is 2.17. The lowest BCUT2D eigenvalue weighted by molar-refractivity contribution is -0.128. The molecule has 1 aromatic heterocycles. The summed E-state index contributed by atoms with van der Waals surface area (Å²) in [6.07, 6.45) is -1.00. The van der Waals surface area contributed by atoms with Crippen molar-refractivity contribution in [2.75, 3.05) is 0 Å². The number of halogens is 1. The molecule has 0 aliphatic carbocycles. The third-order valence-electron chi connectivity index (χ3n) is 4.43. The van der Waals surface area contributed by atoms with Gasteiger partial charge in [-0.05, 0) is 56.7 Å². The van der Waals surface area contributed by atoms with Crippen molar-refractivity contribution in [1.82, 2.24) is 20.6 Å². The zero-order chi connectivity index (χ0) is 21.7. The van der Waals surface area contributed by atoms with E-state index in [0.717, 1.165) is 17.0 Å². The van der Waals surface area contributed by atoms with Crippen LogP contribution in [0.2, 0.25) is 0 Å². The Morgan fingerprint density at radius 3 is 2.57 bits per heavy atom.